The summed E-state index contributed by atoms with van der Waals surface area (Å²) in [7, 11) is 0. The van der Waals surface area contributed by atoms with Gasteiger partial charge in [-0.05, 0) is 63.7 Å². The zero-order valence-corrected chi connectivity index (χ0v) is 33.6. The SMILES string of the molecule is c1ccc(-c2ccc(-c3nc(-c4ccc(-c5ccccc5)cc4)nc(-n4c5ccccc5c5c4ccc4c6ccccc6n(-c6ccc(-c7ccccc7)cc6)c45)n3)cc2)cc1. The van der Waals surface area contributed by atoms with Crippen molar-refractivity contribution in [2.24, 2.45) is 0 Å². The van der Waals surface area contributed by atoms with Crippen LogP contribution >= 0.6 is 0 Å². The van der Waals surface area contributed by atoms with E-state index in [1.807, 2.05) is 12.1 Å². The van der Waals surface area contributed by atoms with Gasteiger partial charge in [-0.1, -0.05) is 194 Å². The van der Waals surface area contributed by atoms with Crippen LogP contribution in [0.25, 0.3) is 111 Å². The third-order valence-corrected chi connectivity index (χ3v) is 12.0. The lowest BCUT2D eigenvalue weighted by Gasteiger charge is -2.12. The molecule has 0 N–H and O–H groups in total. The Morgan fingerprint density at radius 2 is 0.661 bits per heavy atom. The Morgan fingerprint density at radius 3 is 1.18 bits per heavy atom. The van der Waals surface area contributed by atoms with E-state index in [0.717, 1.165) is 71.9 Å². The van der Waals surface area contributed by atoms with Crippen LogP contribution in [0.15, 0.2) is 224 Å². The third-order valence-electron chi connectivity index (χ3n) is 12.0. The Balaban J connectivity index is 1.09. The van der Waals surface area contributed by atoms with Gasteiger partial charge in [0.2, 0.25) is 5.95 Å². The molecule has 0 unspecified atom stereocenters. The predicted octanol–water partition coefficient (Wildman–Crippen LogP) is 14.4. The van der Waals surface area contributed by atoms with Gasteiger partial charge in [0.15, 0.2) is 11.6 Å². The van der Waals surface area contributed by atoms with Gasteiger partial charge in [0.1, 0.15) is 0 Å². The second kappa shape index (κ2) is 14.7. The average Bonchev–Trinajstić information content (AvgIpc) is 3.88. The third kappa shape index (κ3) is 5.98. The molecule has 0 atom stereocenters. The van der Waals surface area contributed by atoms with Crippen molar-refractivity contribution in [3.63, 3.8) is 0 Å². The van der Waals surface area contributed by atoms with Gasteiger partial charge in [0.25, 0.3) is 0 Å². The minimum absolute atomic E-state index is 0.560. The molecule has 5 heteroatoms. The van der Waals surface area contributed by atoms with Crippen molar-refractivity contribution >= 4 is 43.6 Å². The smallest absolute Gasteiger partial charge is 0.238 e. The van der Waals surface area contributed by atoms with Crippen molar-refractivity contribution in [1.82, 2.24) is 24.1 Å². The molecule has 3 aromatic heterocycles. The number of hydrogen-bond acceptors (Lipinski definition) is 3. The normalized spacial score (nSPS) is 11.5. The van der Waals surface area contributed by atoms with Crippen LogP contribution in [-0.2, 0) is 0 Å². The van der Waals surface area contributed by atoms with Gasteiger partial charge >= 0.3 is 0 Å². The largest absolute Gasteiger partial charge is 0.309 e. The first kappa shape index (κ1) is 35.5. The van der Waals surface area contributed by atoms with Gasteiger partial charge in [0, 0.05) is 38.4 Å². The van der Waals surface area contributed by atoms with E-state index in [0.29, 0.717) is 17.6 Å². The van der Waals surface area contributed by atoms with Gasteiger partial charge in [-0.15, -0.1) is 0 Å². The summed E-state index contributed by atoms with van der Waals surface area (Å²) in [6, 6.07) is 79.2. The van der Waals surface area contributed by atoms with Gasteiger partial charge in [-0.3, -0.25) is 4.57 Å². The van der Waals surface area contributed by atoms with Crippen molar-refractivity contribution < 1.29 is 0 Å². The maximum Gasteiger partial charge on any atom is 0.238 e. The molecule has 0 fully saturated rings. The number of hydrogen-bond donors (Lipinski definition) is 0. The van der Waals surface area contributed by atoms with E-state index >= 15 is 0 Å². The maximum absolute atomic E-state index is 5.32. The van der Waals surface area contributed by atoms with Crippen LogP contribution in [0.1, 0.15) is 0 Å². The lowest BCUT2D eigenvalue weighted by Crippen LogP contribution is -2.06. The second-order valence-electron chi connectivity index (χ2n) is 15.6. The van der Waals surface area contributed by atoms with E-state index < -0.39 is 0 Å². The summed E-state index contributed by atoms with van der Waals surface area (Å²) in [4.78, 5) is 15.8. The van der Waals surface area contributed by atoms with Crippen LogP contribution in [0.2, 0.25) is 0 Å². The Kier molecular flexibility index (Phi) is 8.42. The first-order valence-electron chi connectivity index (χ1n) is 20.9. The molecule has 12 rings (SSSR count). The van der Waals surface area contributed by atoms with Crippen molar-refractivity contribution in [3.05, 3.63) is 224 Å². The number of para-hydroxylation sites is 2. The molecule has 0 spiro atoms. The highest BCUT2D eigenvalue weighted by Crippen LogP contribution is 2.42. The highest BCUT2D eigenvalue weighted by atomic mass is 15.2. The molecule has 12 aromatic rings. The van der Waals surface area contributed by atoms with Crippen molar-refractivity contribution in [2.45, 2.75) is 0 Å². The summed E-state index contributed by atoms with van der Waals surface area (Å²) in [5, 5.41) is 4.67. The van der Waals surface area contributed by atoms with Crippen LogP contribution in [0.5, 0.6) is 0 Å². The second-order valence-corrected chi connectivity index (χ2v) is 15.6. The minimum atomic E-state index is 0.560. The predicted molar refractivity (Wildman–Crippen MR) is 256 cm³/mol. The molecule has 9 aromatic carbocycles. The van der Waals surface area contributed by atoms with E-state index in [4.69, 9.17) is 15.0 Å². The number of fused-ring (bicyclic) bond motifs is 7. The maximum atomic E-state index is 5.32. The van der Waals surface area contributed by atoms with Gasteiger partial charge in [0.05, 0.1) is 22.1 Å². The molecule has 0 aliphatic rings. The summed E-state index contributed by atoms with van der Waals surface area (Å²) in [6.07, 6.45) is 0. The van der Waals surface area contributed by atoms with E-state index in [-0.39, 0.29) is 0 Å². The van der Waals surface area contributed by atoms with E-state index in [1.165, 1.54) is 21.9 Å². The monoisotopic (exact) mass is 791 g/mol. The van der Waals surface area contributed by atoms with E-state index in [9.17, 15) is 0 Å². The highest BCUT2D eigenvalue weighted by molar-refractivity contribution is 6.26. The summed E-state index contributed by atoms with van der Waals surface area (Å²) in [6.45, 7) is 0. The summed E-state index contributed by atoms with van der Waals surface area (Å²) in [5.41, 5.74) is 14.2. The molecule has 0 amide bonds. The molecule has 0 aliphatic heterocycles. The Morgan fingerprint density at radius 1 is 0.258 bits per heavy atom. The molecule has 290 valence electrons. The molecule has 62 heavy (non-hydrogen) atoms. The van der Waals surface area contributed by atoms with Gasteiger partial charge < -0.3 is 4.57 Å². The lowest BCUT2D eigenvalue weighted by molar-refractivity contribution is 0.953. The molecule has 5 nitrogen and oxygen atoms in total. The fraction of sp³-hybridized carbons (Fsp3) is 0. The molecular weight excluding hydrogens is 755 g/mol. The Labute approximate surface area is 358 Å². The van der Waals surface area contributed by atoms with Crippen LogP contribution in [0.4, 0.5) is 0 Å². The number of nitrogens with zero attached hydrogens (tertiary/aromatic N) is 5. The Hall–Kier alpha value is -8.41. The van der Waals surface area contributed by atoms with Crippen molar-refractivity contribution in [2.75, 3.05) is 0 Å². The molecule has 0 saturated carbocycles. The molecule has 0 saturated heterocycles. The van der Waals surface area contributed by atoms with E-state index in [2.05, 4.69) is 221 Å². The average molecular weight is 792 g/mol. The topological polar surface area (TPSA) is 48.5 Å². The van der Waals surface area contributed by atoms with E-state index in [1.54, 1.807) is 0 Å². The summed E-state index contributed by atoms with van der Waals surface area (Å²) < 4.78 is 4.64. The molecule has 0 bridgehead atoms. The standard InChI is InChI=1S/C57H37N5/c1-4-14-38(15-5-1)41-24-28-44(29-25-41)55-58-56(45-30-26-42(27-31-45)39-16-6-2-7-17-39)60-57(59-55)62-51-23-13-11-21-49(51)53-52(62)37-36-48-47-20-10-12-22-50(47)61(54(48)53)46-34-32-43(33-35-46)40-18-8-3-9-19-40/h1-37H. The van der Waals surface area contributed by atoms with Crippen LogP contribution in [-0.4, -0.2) is 24.1 Å². The highest BCUT2D eigenvalue weighted by Gasteiger charge is 2.23. The quantitative estimate of drug-likeness (QED) is 0.162. The number of rotatable bonds is 7. The summed E-state index contributed by atoms with van der Waals surface area (Å²) in [5.74, 6) is 1.78. The van der Waals surface area contributed by atoms with Gasteiger partial charge in [-0.2, -0.15) is 9.97 Å². The van der Waals surface area contributed by atoms with Gasteiger partial charge in [-0.25, -0.2) is 4.98 Å². The first-order chi connectivity index (χ1) is 30.7. The molecular formula is C57H37N5. The Bertz CT molecular complexity index is 3470. The molecule has 3 heterocycles. The molecule has 0 radical (unpaired) electrons. The van der Waals surface area contributed by atoms with Crippen molar-refractivity contribution in [3.8, 4) is 67.8 Å². The minimum Gasteiger partial charge on any atom is -0.309 e. The van der Waals surface area contributed by atoms with Crippen LogP contribution in [0, 0.1) is 0 Å². The number of benzene rings is 9. The first-order valence-corrected chi connectivity index (χ1v) is 20.9. The van der Waals surface area contributed by atoms with Crippen LogP contribution < -0.4 is 0 Å². The number of aromatic nitrogens is 5. The van der Waals surface area contributed by atoms with Crippen LogP contribution in [0.3, 0.4) is 0 Å². The summed E-state index contributed by atoms with van der Waals surface area (Å²) >= 11 is 0. The van der Waals surface area contributed by atoms with Crippen molar-refractivity contribution in [1.29, 1.82) is 0 Å². The molecule has 0 aliphatic carbocycles. The fourth-order valence-corrected chi connectivity index (χ4v) is 9.03. The zero-order valence-electron chi connectivity index (χ0n) is 33.6. The zero-order chi connectivity index (χ0) is 41.0. The lowest BCUT2D eigenvalue weighted by atomic mass is 10.0. The fourth-order valence-electron chi connectivity index (χ4n) is 9.03.